The molecule has 1 saturated carbocycles. The number of nitrogens with one attached hydrogen (secondary N) is 1. The molecule has 3 rings (SSSR count). The van der Waals surface area contributed by atoms with Crippen LogP contribution in [0.3, 0.4) is 0 Å². The fraction of sp³-hybridized carbons (Fsp3) is 0.615. The van der Waals surface area contributed by atoms with E-state index in [1.54, 1.807) is 6.33 Å². The van der Waals surface area contributed by atoms with Crippen LogP contribution < -0.4 is 5.32 Å². The Kier molecular flexibility index (Phi) is 3.59. The van der Waals surface area contributed by atoms with Crippen LogP contribution in [0.2, 0.25) is 0 Å². The van der Waals surface area contributed by atoms with E-state index in [1.807, 2.05) is 11.6 Å². The summed E-state index contributed by atoms with van der Waals surface area (Å²) in [6.45, 7) is 1.49. The number of aryl methyl sites for hydroxylation is 1. The predicted octanol–water partition coefficient (Wildman–Crippen LogP) is 1.42. The minimum atomic E-state index is 0.618. The third kappa shape index (κ3) is 2.84. The Morgan fingerprint density at radius 3 is 2.89 bits per heavy atom. The molecular weight excluding hydrogens is 240 g/mol. The van der Waals surface area contributed by atoms with Crippen molar-refractivity contribution in [1.29, 1.82) is 0 Å². The van der Waals surface area contributed by atoms with Gasteiger partial charge in [-0.25, -0.2) is 0 Å². The molecule has 0 atom stereocenters. The lowest BCUT2D eigenvalue weighted by Crippen LogP contribution is -2.16. The molecule has 1 aliphatic rings. The Labute approximate surface area is 112 Å². The molecule has 1 aliphatic carbocycles. The number of nitrogens with zero attached hydrogens (tertiary/aromatic N) is 5. The van der Waals surface area contributed by atoms with Gasteiger partial charge in [0.15, 0.2) is 0 Å². The quantitative estimate of drug-likeness (QED) is 0.883. The molecule has 0 radical (unpaired) electrons. The molecule has 0 spiro atoms. The maximum absolute atomic E-state index is 4.64. The van der Waals surface area contributed by atoms with Crippen molar-refractivity contribution in [2.24, 2.45) is 7.05 Å². The summed E-state index contributed by atoms with van der Waals surface area (Å²) in [6, 6.07) is 2.72. The molecule has 0 bridgehead atoms. The summed E-state index contributed by atoms with van der Waals surface area (Å²) < 4.78 is 4.05. The summed E-state index contributed by atoms with van der Waals surface area (Å²) in [6.07, 6.45) is 9.04. The molecule has 19 heavy (non-hydrogen) atoms. The summed E-state index contributed by atoms with van der Waals surface area (Å²) >= 11 is 0. The lowest BCUT2D eigenvalue weighted by atomic mass is 10.3. The molecule has 0 aromatic carbocycles. The van der Waals surface area contributed by atoms with E-state index >= 15 is 0 Å². The number of hydrogen-bond donors (Lipinski definition) is 1. The van der Waals surface area contributed by atoms with Crippen LogP contribution in [0.5, 0.6) is 0 Å². The van der Waals surface area contributed by atoms with Crippen LogP contribution in [0.4, 0.5) is 0 Å². The van der Waals surface area contributed by atoms with Gasteiger partial charge in [0.25, 0.3) is 0 Å². The first-order valence-corrected chi connectivity index (χ1v) is 6.90. The lowest BCUT2D eigenvalue weighted by molar-refractivity contribution is 0.460. The first-order chi connectivity index (χ1) is 9.33. The third-order valence-corrected chi connectivity index (χ3v) is 3.76. The van der Waals surface area contributed by atoms with Gasteiger partial charge in [-0.05, 0) is 18.9 Å². The molecule has 6 heteroatoms. The second-order valence-electron chi connectivity index (χ2n) is 5.19. The van der Waals surface area contributed by atoms with Gasteiger partial charge in [-0.1, -0.05) is 12.8 Å². The van der Waals surface area contributed by atoms with Crippen LogP contribution in [-0.2, 0) is 20.1 Å². The van der Waals surface area contributed by atoms with Gasteiger partial charge in [0.1, 0.15) is 12.2 Å². The summed E-state index contributed by atoms with van der Waals surface area (Å²) in [5.41, 5.74) is 1.09. The average Bonchev–Trinajstić information content (AvgIpc) is 3.11. The van der Waals surface area contributed by atoms with Crippen LogP contribution >= 0.6 is 0 Å². The van der Waals surface area contributed by atoms with Crippen LogP contribution in [0, 0.1) is 0 Å². The van der Waals surface area contributed by atoms with Crippen molar-refractivity contribution < 1.29 is 0 Å². The van der Waals surface area contributed by atoms with Crippen LogP contribution in [0.15, 0.2) is 18.6 Å². The van der Waals surface area contributed by atoms with Gasteiger partial charge < -0.3 is 9.88 Å². The standard InChI is InChI=1S/C13H20N6/c1-18-10-15-16-13(18)9-14-8-11-6-7-19(17-11)12-4-2-3-5-12/h6-7,10,12,14H,2-5,8-9H2,1H3. The smallest absolute Gasteiger partial charge is 0.146 e. The number of aromatic nitrogens is 5. The van der Waals surface area contributed by atoms with Gasteiger partial charge in [-0.3, -0.25) is 4.68 Å². The minimum absolute atomic E-state index is 0.618. The van der Waals surface area contributed by atoms with Crippen molar-refractivity contribution in [3.63, 3.8) is 0 Å². The second kappa shape index (κ2) is 5.52. The van der Waals surface area contributed by atoms with E-state index in [4.69, 9.17) is 0 Å². The van der Waals surface area contributed by atoms with E-state index in [0.29, 0.717) is 12.6 Å². The van der Waals surface area contributed by atoms with Crippen molar-refractivity contribution in [2.75, 3.05) is 0 Å². The van der Waals surface area contributed by atoms with Gasteiger partial charge in [-0.2, -0.15) is 5.10 Å². The van der Waals surface area contributed by atoms with Crippen molar-refractivity contribution in [3.8, 4) is 0 Å². The first-order valence-electron chi connectivity index (χ1n) is 6.90. The molecule has 1 N–H and O–H groups in total. The Morgan fingerprint density at radius 1 is 1.32 bits per heavy atom. The van der Waals surface area contributed by atoms with E-state index in [9.17, 15) is 0 Å². The molecule has 102 valence electrons. The number of hydrogen-bond acceptors (Lipinski definition) is 4. The summed E-state index contributed by atoms with van der Waals surface area (Å²) in [5, 5.41) is 15.9. The van der Waals surface area contributed by atoms with Crippen LogP contribution in [0.25, 0.3) is 0 Å². The maximum atomic E-state index is 4.64. The van der Waals surface area contributed by atoms with Gasteiger partial charge in [0, 0.05) is 19.8 Å². The highest BCUT2D eigenvalue weighted by atomic mass is 15.3. The molecule has 0 saturated heterocycles. The van der Waals surface area contributed by atoms with Crippen molar-refractivity contribution in [3.05, 3.63) is 30.1 Å². The Bertz CT molecular complexity index is 523. The third-order valence-electron chi connectivity index (χ3n) is 3.76. The van der Waals surface area contributed by atoms with Gasteiger partial charge >= 0.3 is 0 Å². The van der Waals surface area contributed by atoms with Crippen LogP contribution in [-0.4, -0.2) is 24.5 Å². The highest BCUT2D eigenvalue weighted by molar-refractivity contribution is 5.00. The van der Waals surface area contributed by atoms with E-state index in [1.165, 1.54) is 25.7 Å². The van der Waals surface area contributed by atoms with E-state index < -0.39 is 0 Å². The molecule has 2 aromatic rings. The second-order valence-corrected chi connectivity index (χ2v) is 5.19. The molecule has 0 aliphatic heterocycles. The molecule has 0 amide bonds. The number of rotatable bonds is 5. The zero-order chi connectivity index (χ0) is 13.1. The van der Waals surface area contributed by atoms with E-state index in [-0.39, 0.29) is 0 Å². The molecule has 0 unspecified atom stereocenters. The zero-order valence-electron chi connectivity index (χ0n) is 11.3. The molecule has 6 nitrogen and oxygen atoms in total. The van der Waals surface area contributed by atoms with Gasteiger partial charge in [-0.15, -0.1) is 10.2 Å². The normalized spacial score (nSPS) is 16.3. The van der Waals surface area contributed by atoms with Crippen LogP contribution in [0.1, 0.15) is 43.2 Å². The molecule has 2 aromatic heterocycles. The molecular formula is C13H20N6. The first kappa shape index (κ1) is 12.3. The van der Waals surface area contributed by atoms with Gasteiger partial charge in [0.05, 0.1) is 18.3 Å². The Hall–Kier alpha value is -1.69. The SMILES string of the molecule is Cn1cnnc1CNCc1ccn(C2CCCC2)n1. The largest absolute Gasteiger partial charge is 0.320 e. The summed E-state index contributed by atoms with van der Waals surface area (Å²) in [4.78, 5) is 0. The van der Waals surface area contributed by atoms with Crippen molar-refractivity contribution >= 4 is 0 Å². The average molecular weight is 260 g/mol. The van der Waals surface area contributed by atoms with Gasteiger partial charge in [0.2, 0.25) is 0 Å². The fourth-order valence-electron chi connectivity index (χ4n) is 2.61. The van der Waals surface area contributed by atoms with Crippen molar-refractivity contribution in [2.45, 2.75) is 44.8 Å². The predicted molar refractivity (Wildman–Crippen MR) is 71.3 cm³/mol. The van der Waals surface area contributed by atoms with E-state index in [2.05, 4.69) is 37.6 Å². The molecule has 1 fully saturated rings. The Morgan fingerprint density at radius 2 is 2.16 bits per heavy atom. The topological polar surface area (TPSA) is 60.6 Å². The lowest BCUT2D eigenvalue weighted by Gasteiger charge is -2.08. The van der Waals surface area contributed by atoms with Crippen molar-refractivity contribution in [1.82, 2.24) is 29.9 Å². The fourth-order valence-corrected chi connectivity index (χ4v) is 2.61. The van der Waals surface area contributed by atoms with E-state index in [0.717, 1.165) is 18.1 Å². The highest BCUT2D eigenvalue weighted by Crippen LogP contribution is 2.28. The summed E-state index contributed by atoms with van der Waals surface area (Å²) in [7, 11) is 1.95. The monoisotopic (exact) mass is 260 g/mol. The minimum Gasteiger partial charge on any atom is -0.320 e. The Balaban J connectivity index is 1.51. The highest BCUT2D eigenvalue weighted by Gasteiger charge is 2.17. The zero-order valence-corrected chi connectivity index (χ0v) is 11.3. The molecule has 2 heterocycles. The summed E-state index contributed by atoms with van der Waals surface area (Å²) in [5.74, 6) is 0.940. The maximum Gasteiger partial charge on any atom is 0.146 e.